The van der Waals surface area contributed by atoms with Gasteiger partial charge in [0.05, 0.1) is 10.7 Å². The summed E-state index contributed by atoms with van der Waals surface area (Å²) in [6.45, 7) is 2.44. The van der Waals surface area contributed by atoms with Crippen molar-refractivity contribution in [3.63, 3.8) is 0 Å². The molecule has 0 unspecified atom stereocenters. The molecular weight excluding hydrogens is 469 g/mol. The van der Waals surface area contributed by atoms with Crippen LogP contribution in [0.1, 0.15) is 21.5 Å². The van der Waals surface area contributed by atoms with Gasteiger partial charge in [-0.3, -0.25) is 4.79 Å². The van der Waals surface area contributed by atoms with Crippen LogP contribution in [0.4, 0.5) is 5.69 Å². The molecule has 2 N–H and O–H groups in total. The second-order valence-corrected chi connectivity index (χ2v) is 7.43. The fourth-order valence-electron chi connectivity index (χ4n) is 2.62. The van der Waals surface area contributed by atoms with Crippen LogP contribution < -0.4 is 14.8 Å². The number of phenols is 1. The molecule has 0 aromatic heterocycles. The number of aromatic hydroxyl groups is 1. The van der Waals surface area contributed by atoms with Crippen molar-refractivity contribution in [3.8, 4) is 17.2 Å². The van der Waals surface area contributed by atoms with Gasteiger partial charge in [-0.15, -0.1) is 0 Å². The Hall–Kier alpha value is -2.74. The topological polar surface area (TPSA) is 67.8 Å². The molecule has 5 nitrogen and oxygen atoms in total. The van der Waals surface area contributed by atoms with Crippen molar-refractivity contribution in [1.82, 2.24) is 0 Å². The molecule has 0 spiro atoms. The van der Waals surface area contributed by atoms with Crippen LogP contribution in [0.25, 0.3) is 0 Å². The van der Waals surface area contributed by atoms with Crippen LogP contribution >= 0.6 is 22.6 Å². The lowest BCUT2D eigenvalue weighted by Gasteiger charge is -2.15. The average Bonchev–Trinajstić information content (AvgIpc) is 2.67. The number of hydrogen-bond donors (Lipinski definition) is 2. The second kappa shape index (κ2) is 8.97. The molecule has 0 aliphatic heterocycles. The molecular formula is C22H20INO4. The van der Waals surface area contributed by atoms with Crippen molar-refractivity contribution in [2.24, 2.45) is 0 Å². The molecule has 0 bridgehead atoms. The summed E-state index contributed by atoms with van der Waals surface area (Å²) < 4.78 is 12.2. The number of hydrogen-bond acceptors (Lipinski definition) is 4. The molecule has 3 rings (SSSR count). The van der Waals surface area contributed by atoms with Gasteiger partial charge < -0.3 is 19.9 Å². The Kier molecular flexibility index (Phi) is 6.41. The Morgan fingerprint density at radius 3 is 2.54 bits per heavy atom. The molecule has 0 aliphatic carbocycles. The third-order valence-corrected chi connectivity index (χ3v) is 4.90. The summed E-state index contributed by atoms with van der Waals surface area (Å²) in [4.78, 5) is 12.6. The highest BCUT2D eigenvalue weighted by Gasteiger charge is 2.16. The Morgan fingerprint density at radius 2 is 1.86 bits per heavy atom. The molecule has 0 heterocycles. The molecule has 0 atom stereocenters. The molecule has 6 heteroatoms. The number of carbonyl (C=O) groups excluding carboxylic acids is 1. The van der Waals surface area contributed by atoms with E-state index in [1.54, 1.807) is 37.4 Å². The normalized spacial score (nSPS) is 10.4. The number of rotatable bonds is 6. The number of benzene rings is 3. The number of halogens is 1. The Labute approximate surface area is 177 Å². The molecule has 28 heavy (non-hydrogen) atoms. The molecule has 144 valence electrons. The van der Waals surface area contributed by atoms with Crippen LogP contribution in [0, 0.1) is 10.5 Å². The van der Waals surface area contributed by atoms with Crippen LogP contribution in [0.2, 0.25) is 0 Å². The number of nitrogens with one attached hydrogen (secondary N) is 1. The Balaban J connectivity index is 1.78. The van der Waals surface area contributed by atoms with Gasteiger partial charge in [0.2, 0.25) is 0 Å². The van der Waals surface area contributed by atoms with Crippen molar-refractivity contribution in [1.29, 1.82) is 0 Å². The molecule has 0 radical (unpaired) electrons. The third kappa shape index (κ3) is 4.95. The zero-order valence-corrected chi connectivity index (χ0v) is 17.7. The van der Waals surface area contributed by atoms with Gasteiger partial charge in [0.1, 0.15) is 12.4 Å². The number of anilines is 1. The third-order valence-electron chi connectivity index (χ3n) is 4.10. The highest BCUT2D eigenvalue weighted by atomic mass is 127. The summed E-state index contributed by atoms with van der Waals surface area (Å²) in [5, 5.41) is 12.3. The van der Waals surface area contributed by atoms with E-state index >= 15 is 0 Å². The van der Waals surface area contributed by atoms with Crippen LogP contribution in [-0.4, -0.2) is 18.1 Å². The molecule has 3 aromatic rings. The fourth-order valence-corrected chi connectivity index (χ4v) is 3.37. The molecule has 0 saturated carbocycles. The van der Waals surface area contributed by atoms with Crippen molar-refractivity contribution in [2.75, 3.05) is 12.4 Å². The first-order chi connectivity index (χ1) is 13.5. The standard InChI is InChI=1S/C22H20INO4/c1-14-6-8-15(9-7-14)13-28-21-19(23)10-16(11-20(21)27-2)22(26)24-17-4-3-5-18(25)12-17/h3-12,25H,13H2,1-2H3,(H,24,26). The van der Waals surface area contributed by atoms with E-state index in [9.17, 15) is 9.90 Å². The number of ether oxygens (including phenoxy) is 2. The van der Waals surface area contributed by atoms with Gasteiger partial charge in [0.15, 0.2) is 11.5 Å². The van der Waals surface area contributed by atoms with Crippen molar-refractivity contribution < 1.29 is 19.4 Å². The first-order valence-corrected chi connectivity index (χ1v) is 9.70. The van der Waals surface area contributed by atoms with E-state index in [1.165, 1.54) is 11.6 Å². The van der Waals surface area contributed by atoms with Crippen LogP contribution in [-0.2, 0) is 6.61 Å². The number of carbonyl (C=O) groups is 1. The monoisotopic (exact) mass is 489 g/mol. The smallest absolute Gasteiger partial charge is 0.255 e. The fraction of sp³-hybridized carbons (Fsp3) is 0.136. The van der Waals surface area contributed by atoms with Gasteiger partial charge in [-0.1, -0.05) is 35.9 Å². The maximum Gasteiger partial charge on any atom is 0.255 e. The first-order valence-electron chi connectivity index (χ1n) is 8.62. The summed E-state index contributed by atoms with van der Waals surface area (Å²) in [5.41, 5.74) is 3.19. The molecule has 0 aliphatic rings. The van der Waals surface area contributed by atoms with Crippen molar-refractivity contribution in [2.45, 2.75) is 13.5 Å². The zero-order chi connectivity index (χ0) is 20.1. The Bertz CT molecular complexity index is 986. The van der Waals surface area contributed by atoms with Crippen LogP contribution in [0.3, 0.4) is 0 Å². The lowest BCUT2D eigenvalue weighted by molar-refractivity contribution is 0.102. The number of amides is 1. The average molecular weight is 489 g/mol. The van der Waals surface area contributed by atoms with Gasteiger partial charge in [0, 0.05) is 17.3 Å². The summed E-state index contributed by atoms with van der Waals surface area (Å²) in [6.07, 6.45) is 0. The van der Waals surface area contributed by atoms with Gasteiger partial charge >= 0.3 is 0 Å². The number of phenolic OH excluding ortho intramolecular Hbond substituents is 1. The lowest BCUT2D eigenvalue weighted by Crippen LogP contribution is -2.12. The maximum atomic E-state index is 12.6. The van der Waals surface area contributed by atoms with Crippen LogP contribution in [0.15, 0.2) is 60.7 Å². The highest BCUT2D eigenvalue weighted by molar-refractivity contribution is 14.1. The van der Waals surface area contributed by atoms with E-state index in [1.807, 2.05) is 31.2 Å². The second-order valence-electron chi connectivity index (χ2n) is 6.27. The molecule has 0 fully saturated rings. The van der Waals surface area contributed by atoms with E-state index in [0.29, 0.717) is 29.4 Å². The summed E-state index contributed by atoms with van der Waals surface area (Å²) >= 11 is 2.13. The SMILES string of the molecule is COc1cc(C(=O)Nc2cccc(O)c2)cc(I)c1OCc1ccc(C)cc1. The zero-order valence-electron chi connectivity index (χ0n) is 15.5. The van der Waals surface area contributed by atoms with E-state index in [4.69, 9.17) is 9.47 Å². The van der Waals surface area contributed by atoms with Crippen molar-refractivity contribution >= 4 is 34.2 Å². The predicted octanol–water partition coefficient (Wildman–Crippen LogP) is 5.15. The van der Waals surface area contributed by atoms with Gasteiger partial charge in [-0.2, -0.15) is 0 Å². The molecule has 1 amide bonds. The summed E-state index contributed by atoms with van der Waals surface area (Å²) in [6, 6.07) is 17.9. The first kappa shape index (κ1) is 20.0. The van der Waals surface area contributed by atoms with E-state index in [0.717, 1.165) is 9.13 Å². The lowest BCUT2D eigenvalue weighted by atomic mass is 10.1. The minimum absolute atomic E-state index is 0.0878. The minimum atomic E-state index is -0.299. The molecule has 3 aromatic carbocycles. The summed E-state index contributed by atoms with van der Waals surface area (Å²) in [5.74, 6) is 0.870. The van der Waals surface area contributed by atoms with E-state index in [2.05, 4.69) is 27.9 Å². The highest BCUT2D eigenvalue weighted by Crippen LogP contribution is 2.35. The Morgan fingerprint density at radius 1 is 1.11 bits per heavy atom. The van der Waals surface area contributed by atoms with Crippen LogP contribution in [0.5, 0.6) is 17.2 Å². The minimum Gasteiger partial charge on any atom is -0.508 e. The predicted molar refractivity (Wildman–Crippen MR) is 117 cm³/mol. The van der Waals surface area contributed by atoms with Gasteiger partial charge in [-0.05, 0) is 59.3 Å². The van der Waals surface area contributed by atoms with Crippen molar-refractivity contribution in [3.05, 3.63) is 80.9 Å². The van der Waals surface area contributed by atoms with Gasteiger partial charge in [-0.25, -0.2) is 0 Å². The quantitative estimate of drug-likeness (QED) is 0.471. The largest absolute Gasteiger partial charge is 0.508 e. The van der Waals surface area contributed by atoms with E-state index < -0.39 is 0 Å². The maximum absolute atomic E-state index is 12.6. The number of methoxy groups -OCH3 is 1. The number of aryl methyl sites for hydroxylation is 1. The molecule has 0 saturated heterocycles. The summed E-state index contributed by atoms with van der Waals surface area (Å²) in [7, 11) is 1.54. The van der Waals surface area contributed by atoms with Gasteiger partial charge in [0.25, 0.3) is 5.91 Å². The van der Waals surface area contributed by atoms with E-state index in [-0.39, 0.29) is 11.7 Å².